The van der Waals surface area contributed by atoms with E-state index in [0.717, 1.165) is 37.7 Å². The Bertz CT molecular complexity index is 719. The van der Waals surface area contributed by atoms with Gasteiger partial charge in [-0.05, 0) is 45.2 Å². The lowest BCUT2D eigenvalue weighted by atomic mass is 10.1. The van der Waals surface area contributed by atoms with Crippen LogP contribution >= 0.6 is 24.0 Å². The van der Waals surface area contributed by atoms with E-state index >= 15 is 0 Å². The number of benzene rings is 1. The zero-order valence-corrected chi connectivity index (χ0v) is 19.2. The second kappa shape index (κ2) is 10.5. The molecule has 0 aliphatic heterocycles. The maximum atomic E-state index is 4.81. The molecule has 0 saturated heterocycles. The minimum absolute atomic E-state index is 0. The average molecular weight is 469 g/mol. The quantitative estimate of drug-likeness (QED) is 0.400. The van der Waals surface area contributed by atoms with Crippen molar-refractivity contribution >= 4 is 29.9 Å². The van der Waals surface area contributed by atoms with Crippen LogP contribution in [0.1, 0.15) is 35.0 Å². The van der Waals surface area contributed by atoms with E-state index in [1.165, 1.54) is 22.4 Å². The normalized spacial score (nSPS) is 11.2. The molecule has 0 bridgehead atoms. The number of nitrogens with one attached hydrogen (secondary N) is 1. The van der Waals surface area contributed by atoms with Gasteiger partial charge in [0.2, 0.25) is 0 Å². The van der Waals surface area contributed by atoms with Crippen molar-refractivity contribution in [3.63, 3.8) is 0 Å². The van der Waals surface area contributed by atoms with Gasteiger partial charge in [-0.25, -0.2) is 0 Å². The second-order valence-electron chi connectivity index (χ2n) is 6.60. The fourth-order valence-corrected chi connectivity index (χ4v) is 2.96. The Morgan fingerprint density at radius 3 is 2.38 bits per heavy atom. The van der Waals surface area contributed by atoms with Crippen molar-refractivity contribution in [1.29, 1.82) is 0 Å². The highest BCUT2D eigenvalue weighted by Crippen LogP contribution is 2.12. The standard InChI is InChI=1S/C20H31N5.HI/c1-7-21-20(24(5)14-18-10-8-15(2)9-11-18)22-13-12-19-16(3)23-25(6)17(19)4;/h8-11H,7,12-14H2,1-6H3,(H,21,22);1H. The molecular weight excluding hydrogens is 437 g/mol. The lowest BCUT2D eigenvalue weighted by Crippen LogP contribution is -2.38. The molecule has 0 amide bonds. The van der Waals surface area contributed by atoms with Crippen LogP contribution in [-0.4, -0.2) is 40.8 Å². The van der Waals surface area contributed by atoms with Gasteiger partial charge in [0.15, 0.2) is 5.96 Å². The molecule has 0 aliphatic carbocycles. The highest BCUT2D eigenvalue weighted by molar-refractivity contribution is 14.0. The van der Waals surface area contributed by atoms with E-state index in [4.69, 9.17) is 4.99 Å². The Kier molecular flexibility index (Phi) is 9.12. The first-order chi connectivity index (χ1) is 11.9. The van der Waals surface area contributed by atoms with Crippen molar-refractivity contribution in [3.05, 3.63) is 52.3 Å². The zero-order valence-electron chi connectivity index (χ0n) is 16.8. The number of halogens is 1. The Hall–Kier alpha value is -1.57. The number of aromatic nitrogens is 2. The number of hydrogen-bond donors (Lipinski definition) is 1. The van der Waals surface area contributed by atoms with Crippen molar-refractivity contribution < 1.29 is 0 Å². The third-order valence-corrected chi connectivity index (χ3v) is 4.52. The van der Waals surface area contributed by atoms with E-state index in [-0.39, 0.29) is 24.0 Å². The summed E-state index contributed by atoms with van der Waals surface area (Å²) in [4.78, 5) is 6.99. The van der Waals surface area contributed by atoms with E-state index in [2.05, 4.69) is 74.3 Å². The summed E-state index contributed by atoms with van der Waals surface area (Å²) in [5.74, 6) is 0.947. The molecule has 0 spiro atoms. The van der Waals surface area contributed by atoms with Crippen LogP contribution in [0.25, 0.3) is 0 Å². The van der Waals surface area contributed by atoms with Crippen molar-refractivity contribution in [2.45, 2.75) is 40.7 Å². The summed E-state index contributed by atoms with van der Waals surface area (Å²) in [5, 5.41) is 7.87. The van der Waals surface area contributed by atoms with E-state index in [9.17, 15) is 0 Å². The summed E-state index contributed by atoms with van der Waals surface area (Å²) < 4.78 is 1.95. The van der Waals surface area contributed by atoms with Gasteiger partial charge in [-0.2, -0.15) is 5.10 Å². The molecule has 144 valence electrons. The van der Waals surface area contributed by atoms with Gasteiger partial charge in [-0.1, -0.05) is 29.8 Å². The molecule has 1 aromatic carbocycles. The highest BCUT2D eigenvalue weighted by Gasteiger charge is 2.10. The minimum atomic E-state index is 0. The molecule has 1 heterocycles. The predicted molar refractivity (Wildman–Crippen MR) is 120 cm³/mol. The molecule has 0 radical (unpaired) electrons. The number of hydrogen-bond acceptors (Lipinski definition) is 2. The molecule has 2 aromatic rings. The van der Waals surface area contributed by atoms with Crippen molar-refractivity contribution in [2.75, 3.05) is 20.1 Å². The lowest BCUT2D eigenvalue weighted by molar-refractivity contribution is 0.477. The van der Waals surface area contributed by atoms with E-state index < -0.39 is 0 Å². The molecule has 0 atom stereocenters. The van der Waals surface area contributed by atoms with Crippen molar-refractivity contribution in [1.82, 2.24) is 20.0 Å². The van der Waals surface area contributed by atoms with Crippen LogP contribution in [0, 0.1) is 20.8 Å². The third-order valence-electron chi connectivity index (χ3n) is 4.52. The fourth-order valence-electron chi connectivity index (χ4n) is 2.96. The smallest absolute Gasteiger partial charge is 0.193 e. The number of nitrogens with zero attached hydrogens (tertiary/aromatic N) is 4. The molecule has 1 aromatic heterocycles. The minimum Gasteiger partial charge on any atom is -0.357 e. The van der Waals surface area contributed by atoms with E-state index in [1.807, 2.05) is 11.7 Å². The summed E-state index contributed by atoms with van der Waals surface area (Å²) in [6, 6.07) is 8.66. The molecule has 0 aliphatic rings. The van der Waals surface area contributed by atoms with Crippen LogP contribution in [0.15, 0.2) is 29.3 Å². The summed E-state index contributed by atoms with van der Waals surface area (Å²) >= 11 is 0. The number of rotatable bonds is 6. The number of guanidine groups is 1. The topological polar surface area (TPSA) is 45.5 Å². The summed E-state index contributed by atoms with van der Waals surface area (Å²) in [6.45, 7) is 10.9. The molecule has 0 saturated carbocycles. The second-order valence-corrected chi connectivity index (χ2v) is 6.60. The van der Waals surface area contributed by atoms with Crippen LogP contribution in [0.3, 0.4) is 0 Å². The maximum absolute atomic E-state index is 4.81. The highest BCUT2D eigenvalue weighted by atomic mass is 127. The molecular formula is C20H32IN5. The van der Waals surface area contributed by atoms with Crippen LogP contribution < -0.4 is 5.32 Å². The van der Waals surface area contributed by atoms with E-state index in [0.29, 0.717) is 0 Å². The predicted octanol–water partition coefficient (Wildman–Crippen LogP) is 3.60. The average Bonchev–Trinajstić information content (AvgIpc) is 2.82. The molecule has 0 unspecified atom stereocenters. The zero-order chi connectivity index (χ0) is 18.4. The Labute approximate surface area is 174 Å². The van der Waals surface area contributed by atoms with Gasteiger partial charge in [-0.15, -0.1) is 24.0 Å². The van der Waals surface area contributed by atoms with Crippen LogP contribution in [0.4, 0.5) is 0 Å². The van der Waals surface area contributed by atoms with Gasteiger partial charge in [0.1, 0.15) is 0 Å². The fraction of sp³-hybridized carbons (Fsp3) is 0.500. The van der Waals surface area contributed by atoms with Crippen LogP contribution in [-0.2, 0) is 20.0 Å². The molecule has 2 rings (SSSR count). The van der Waals surface area contributed by atoms with Gasteiger partial charge < -0.3 is 10.2 Å². The monoisotopic (exact) mass is 469 g/mol. The number of aliphatic imine (C=N–C) groups is 1. The Balaban J connectivity index is 0.00000338. The SMILES string of the molecule is CCNC(=NCCc1c(C)nn(C)c1C)N(C)Cc1ccc(C)cc1.I. The van der Waals surface area contributed by atoms with Crippen LogP contribution in [0.5, 0.6) is 0 Å². The molecule has 6 heteroatoms. The largest absolute Gasteiger partial charge is 0.357 e. The van der Waals surface area contributed by atoms with Gasteiger partial charge in [0.05, 0.1) is 5.69 Å². The lowest BCUT2D eigenvalue weighted by Gasteiger charge is -2.22. The third kappa shape index (κ3) is 6.00. The number of aryl methyl sites for hydroxylation is 3. The van der Waals surface area contributed by atoms with Gasteiger partial charge in [0, 0.05) is 39.4 Å². The van der Waals surface area contributed by atoms with Crippen molar-refractivity contribution in [3.8, 4) is 0 Å². The van der Waals surface area contributed by atoms with Crippen LogP contribution in [0.2, 0.25) is 0 Å². The summed E-state index contributed by atoms with van der Waals surface area (Å²) in [6.07, 6.45) is 0.915. The summed E-state index contributed by atoms with van der Waals surface area (Å²) in [5.41, 5.74) is 6.22. The van der Waals surface area contributed by atoms with Gasteiger partial charge in [0.25, 0.3) is 0 Å². The first-order valence-corrected chi connectivity index (χ1v) is 8.96. The van der Waals surface area contributed by atoms with E-state index in [1.54, 1.807) is 0 Å². The molecule has 0 fully saturated rings. The van der Waals surface area contributed by atoms with Gasteiger partial charge in [-0.3, -0.25) is 9.67 Å². The first kappa shape index (κ1) is 22.5. The molecule has 1 N–H and O–H groups in total. The van der Waals surface area contributed by atoms with Crippen molar-refractivity contribution in [2.24, 2.45) is 12.0 Å². The van der Waals surface area contributed by atoms with Gasteiger partial charge >= 0.3 is 0 Å². The molecule has 26 heavy (non-hydrogen) atoms. The first-order valence-electron chi connectivity index (χ1n) is 8.96. The molecule has 5 nitrogen and oxygen atoms in total. The maximum Gasteiger partial charge on any atom is 0.193 e. The Morgan fingerprint density at radius 2 is 1.85 bits per heavy atom. The summed E-state index contributed by atoms with van der Waals surface area (Å²) in [7, 11) is 4.08. The Morgan fingerprint density at radius 1 is 1.19 bits per heavy atom.